The monoisotopic (exact) mass is 284 g/mol. The van der Waals surface area contributed by atoms with Gasteiger partial charge in [0.25, 0.3) is 0 Å². The van der Waals surface area contributed by atoms with E-state index in [-0.39, 0.29) is 36.0 Å². The topological polar surface area (TPSA) is 75.3 Å². The number of amides is 1. The Labute approximate surface area is 109 Å². The van der Waals surface area contributed by atoms with Gasteiger partial charge in [0.1, 0.15) is 9.84 Å². The van der Waals surface area contributed by atoms with Crippen LogP contribution in [0.4, 0.5) is 0 Å². The van der Waals surface area contributed by atoms with Crippen molar-refractivity contribution in [3.05, 3.63) is 0 Å². The first-order valence-corrected chi connectivity index (χ1v) is 7.63. The molecule has 102 valence electrons. The van der Waals surface area contributed by atoms with Crippen molar-refractivity contribution in [2.75, 3.05) is 25.1 Å². The number of carbonyl (C=O) groups excluding carboxylic acids is 1. The smallest absolute Gasteiger partial charge is 0.224 e. The lowest BCUT2D eigenvalue weighted by Crippen LogP contribution is -2.45. The number of rotatable bonds is 4. The molecular formula is C10H21ClN2O3S. The van der Waals surface area contributed by atoms with Gasteiger partial charge >= 0.3 is 0 Å². The fraction of sp³-hybridized carbons (Fsp3) is 0.900. The van der Waals surface area contributed by atoms with Crippen LogP contribution in [-0.2, 0) is 14.6 Å². The van der Waals surface area contributed by atoms with Crippen LogP contribution in [0.2, 0.25) is 0 Å². The minimum Gasteiger partial charge on any atom is -0.352 e. The maximum atomic E-state index is 11.7. The van der Waals surface area contributed by atoms with Crippen molar-refractivity contribution in [1.82, 2.24) is 10.6 Å². The predicted octanol–water partition coefficient (Wildman–Crippen LogP) is -0.0429. The van der Waals surface area contributed by atoms with Crippen LogP contribution in [0.25, 0.3) is 0 Å². The molecule has 0 spiro atoms. The van der Waals surface area contributed by atoms with E-state index < -0.39 is 9.84 Å². The lowest BCUT2D eigenvalue weighted by molar-refractivity contribution is -0.125. The Kier molecular flexibility index (Phi) is 7.04. The first-order chi connectivity index (χ1) is 7.38. The summed E-state index contributed by atoms with van der Waals surface area (Å²) in [6.45, 7) is 3.37. The Bertz CT molecular complexity index is 339. The van der Waals surface area contributed by atoms with Crippen LogP contribution in [0, 0.1) is 5.92 Å². The summed E-state index contributed by atoms with van der Waals surface area (Å²) in [6, 6.07) is -0.315. The largest absolute Gasteiger partial charge is 0.352 e. The Balaban J connectivity index is 0.00000256. The summed E-state index contributed by atoms with van der Waals surface area (Å²) in [6.07, 6.45) is 3.06. The molecular weight excluding hydrogens is 264 g/mol. The number of carbonyl (C=O) groups is 1. The summed E-state index contributed by atoms with van der Waals surface area (Å²) in [5, 5.41) is 5.91. The highest BCUT2D eigenvalue weighted by Crippen LogP contribution is 2.10. The molecule has 5 nitrogen and oxygen atoms in total. The van der Waals surface area contributed by atoms with Gasteiger partial charge in [-0.1, -0.05) is 0 Å². The molecule has 1 aliphatic heterocycles. The molecule has 1 saturated heterocycles. The van der Waals surface area contributed by atoms with Crippen molar-refractivity contribution >= 4 is 28.2 Å². The normalized spacial score (nSPS) is 22.4. The molecule has 1 amide bonds. The highest BCUT2D eigenvalue weighted by Gasteiger charge is 2.22. The van der Waals surface area contributed by atoms with E-state index in [2.05, 4.69) is 10.6 Å². The van der Waals surface area contributed by atoms with Gasteiger partial charge in [-0.05, 0) is 26.3 Å². The van der Waals surface area contributed by atoms with Crippen LogP contribution in [-0.4, -0.2) is 45.5 Å². The zero-order valence-electron chi connectivity index (χ0n) is 10.2. The fourth-order valence-electron chi connectivity index (χ4n) is 1.93. The summed E-state index contributed by atoms with van der Waals surface area (Å²) in [5.74, 6) is -0.0575. The maximum absolute atomic E-state index is 11.7. The first-order valence-electron chi connectivity index (χ1n) is 5.57. The minimum absolute atomic E-state index is 0. The quantitative estimate of drug-likeness (QED) is 0.759. The van der Waals surface area contributed by atoms with Gasteiger partial charge in [0.05, 0.1) is 11.7 Å². The van der Waals surface area contributed by atoms with Crippen LogP contribution >= 0.6 is 12.4 Å². The Morgan fingerprint density at radius 1 is 1.53 bits per heavy atom. The summed E-state index contributed by atoms with van der Waals surface area (Å²) in [5.41, 5.74) is 0. The van der Waals surface area contributed by atoms with E-state index in [1.54, 1.807) is 6.92 Å². The van der Waals surface area contributed by atoms with E-state index in [1.165, 1.54) is 6.26 Å². The van der Waals surface area contributed by atoms with Gasteiger partial charge in [-0.25, -0.2) is 8.42 Å². The van der Waals surface area contributed by atoms with Gasteiger partial charge in [0.15, 0.2) is 0 Å². The molecule has 17 heavy (non-hydrogen) atoms. The molecule has 1 aliphatic rings. The molecule has 7 heteroatoms. The zero-order chi connectivity index (χ0) is 12.2. The molecule has 2 N–H and O–H groups in total. The van der Waals surface area contributed by atoms with Crippen molar-refractivity contribution in [3.63, 3.8) is 0 Å². The average Bonchev–Trinajstić information content (AvgIpc) is 2.16. The highest BCUT2D eigenvalue weighted by molar-refractivity contribution is 7.90. The van der Waals surface area contributed by atoms with E-state index >= 15 is 0 Å². The summed E-state index contributed by atoms with van der Waals surface area (Å²) in [7, 11) is -3.03. The molecule has 0 aliphatic carbocycles. The lowest BCUT2D eigenvalue weighted by atomic mass is 9.98. The first kappa shape index (κ1) is 16.7. The van der Waals surface area contributed by atoms with Gasteiger partial charge in [-0.2, -0.15) is 0 Å². The molecule has 0 aromatic rings. The number of hydrogen-bond donors (Lipinski definition) is 2. The second-order valence-corrected chi connectivity index (χ2v) is 6.73. The molecule has 0 aromatic carbocycles. The number of sulfone groups is 1. The number of hydrogen-bond acceptors (Lipinski definition) is 4. The standard InChI is InChI=1S/C10H20N2O3S.ClH/c1-8(7-16(2,14)15)12-10(13)9-4-3-5-11-6-9;/h8-9,11H,3-7H2,1-2H3,(H,12,13);1H. The SMILES string of the molecule is CC(CS(C)(=O)=O)NC(=O)C1CCCNC1.Cl. The third-order valence-electron chi connectivity index (χ3n) is 2.61. The second-order valence-electron chi connectivity index (χ2n) is 4.55. The molecule has 0 saturated carbocycles. The second kappa shape index (κ2) is 7.18. The number of piperidine rings is 1. The van der Waals surface area contributed by atoms with Crippen LogP contribution in [0.5, 0.6) is 0 Å². The van der Waals surface area contributed by atoms with E-state index in [0.717, 1.165) is 19.4 Å². The van der Waals surface area contributed by atoms with Crippen LogP contribution in [0.1, 0.15) is 19.8 Å². The van der Waals surface area contributed by atoms with Gasteiger partial charge in [-0.15, -0.1) is 12.4 Å². The Hall–Kier alpha value is -0.330. The van der Waals surface area contributed by atoms with Gasteiger partial charge in [0, 0.05) is 18.8 Å². The zero-order valence-corrected chi connectivity index (χ0v) is 11.9. The Morgan fingerprint density at radius 3 is 2.65 bits per heavy atom. The molecule has 0 radical (unpaired) electrons. The molecule has 0 bridgehead atoms. The minimum atomic E-state index is -3.03. The molecule has 2 unspecified atom stereocenters. The van der Waals surface area contributed by atoms with Crippen LogP contribution in [0.15, 0.2) is 0 Å². The molecule has 0 aromatic heterocycles. The third-order valence-corrected chi connectivity index (χ3v) is 3.71. The lowest BCUT2D eigenvalue weighted by Gasteiger charge is -2.23. The third kappa shape index (κ3) is 6.85. The summed E-state index contributed by atoms with van der Waals surface area (Å²) < 4.78 is 22.1. The molecule has 1 heterocycles. The van der Waals surface area contributed by atoms with Gasteiger partial charge in [0.2, 0.25) is 5.91 Å². The van der Waals surface area contributed by atoms with Crippen molar-refractivity contribution < 1.29 is 13.2 Å². The summed E-state index contributed by atoms with van der Waals surface area (Å²) in [4.78, 5) is 11.7. The fourth-order valence-corrected chi connectivity index (χ4v) is 2.92. The maximum Gasteiger partial charge on any atom is 0.224 e. The van der Waals surface area contributed by atoms with Crippen molar-refractivity contribution in [1.29, 1.82) is 0 Å². The molecule has 1 fully saturated rings. The number of halogens is 1. The molecule has 2 atom stereocenters. The van der Waals surface area contributed by atoms with E-state index in [1.807, 2.05) is 0 Å². The van der Waals surface area contributed by atoms with Gasteiger partial charge in [-0.3, -0.25) is 4.79 Å². The van der Waals surface area contributed by atoms with E-state index in [4.69, 9.17) is 0 Å². The van der Waals surface area contributed by atoms with E-state index in [9.17, 15) is 13.2 Å². The van der Waals surface area contributed by atoms with E-state index in [0.29, 0.717) is 6.54 Å². The van der Waals surface area contributed by atoms with Gasteiger partial charge < -0.3 is 10.6 Å². The summed E-state index contributed by atoms with van der Waals surface area (Å²) >= 11 is 0. The highest BCUT2D eigenvalue weighted by atomic mass is 35.5. The van der Waals surface area contributed by atoms with Crippen molar-refractivity contribution in [3.8, 4) is 0 Å². The van der Waals surface area contributed by atoms with Crippen molar-refractivity contribution in [2.45, 2.75) is 25.8 Å². The predicted molar refractivity (Wildman–Crippen MR) is 70.2 cm³/mol. The average molecular weight is 285 g/mol. The van der Waals surface area contributed by atoms with Crippen LogP contribution < -0.4 is 10.6 Å². The Morgan fingerprint density at radius 2 is 2.18 bits per heavy atom. The molecule has 1 rings (SSSR count). The number of nitrogens with one attached hydrogen (secondary N) is 2. The van der Waals surface area contributed by atoms with Crippen molar-refractivity contribution in [2.24, 2.45) is 5.92 Å². The van der Waals surface area contributed by atoms with Crippen LogP contribution in [0.3, 0.4) is 0 Å².